The Balaban J connectivity index is 1.52. The lowest BCUT2D eigenvalue weighted by Crippen LogP contribution is -1.92. The van der Waals surface area contributed by atoms with Gasteiger partial charge in [-0.05, 0) is 35.7 Å². The average molecular weight is 533 g/mol. The second kappa shape index (κ2) is 6.92. The van der Waals surface area contributed by atoms with E-state index in [2.05, 4.69) is 132 Å². The summed E-state index contributed by atoms with van der Waals surface area (Å²) in [4.78, 5) is 0. The molecule has 0 aliphatic heterocycles. The number of hydrogen-bond donors (Lipinski definition) is 0. The van der Waals surface area contributed by atoms with E-state index in [-0.39, 0.29) is 0 Å². The van der Waals surface area contributed by atoms with Gasteiger partial charge in [-0.25, -0.2) is 0 Å². The van der Waals surface area contributed by atoms with Crippen molar-refractivity contribution in [2.45, 2.75) is 13.8 Å². The first kappa shape index (κ1) is 21.4. The second-order valence-corrected chi connectivity index (χ2v) is 12.1. The van der Waals surface area contributed by atoms with Crippen LogP contribution in [0.1, 0.15) is 11.1 Å². The minimum Gasteiger partial charge on any atom is -0.307 e. The van der Waals surface area contributed by atoms with Crippen molar-refractivity contribution in [3.63, 3.8) is 0 Å². The highest BCUT2D eigenvalue weighted by molar-refractivity contribution is 6.33. The molecule has 0 saturated carbocycles. The smallest absolute Gasteiger partial charge is 0.0620 e. The Morgan fingerprint density at radius 3 is 1.19 bits per heavy atom. The lowest BCUT2D eigenvalue weighted by atomic mass is 9.96. The fraction of sp³-hybridized carbons (Fsp3) is 0.0500. The van der Waals surface area contributed by atoms with Crippen LogP contribution in [0.25, 0.3) is 97.7 Å². The molecule has 0 unspecified atom stereocenters. The lowest BCUT2D eigenvalue weighted by Gasteiger charge is -2.11. The van der Waals surface area contributed by atoms with Crippen molar-refractivity contribution in [3.05, 3.63) is 120 Å². The molecule has 0 bridgehead atoms. The van der Waals surface area contributed by atoms with Gasteiger partial charge in [0.1, 0.15) is 0 Å². The molecule has 0 radical (unpaired) electrons. The molecule has 42 heavy (non-hydrogen) atoms. The molecule has 0 saturated heterocycles. The highest BCUT2D eigenvalue weighted by Gasteiger charge is 2.27. The van der Waals surface area contributed by atoms with E-state index in [0.717, 1.165) is 0 Å². The van der Waals surface area contributed by atoms with Gasteiger partial charge >= 0.3 is 0 Å². The maximum absolute atomic E-state index is 2.60. The Kier molecular flexibility index (Phi) is 3.53. The van der Waals surface area contributed by atoms with E-state index in [9.17, 15) is 0 Å². The zero-order valence-corrected chi connectivity index (χ0v) is 23.3. The van der Waals surface area contributed by atoms with Crippen molar-refractivity contribution >= 4 is 97.7 Å². The standard InChI is InChI=1S/C40H24N2/c1-21-33-31-15-7-13-27-29-19-17-23-9-3-5-11-25(23)37(29)41(39(27)31)35(33)22(2)36-34(21)32-16-8-14-28-30-20-18-24-10-4-6-12-26(24)38(30)42(36)40(28)32/h3-20H,1-2H3. The van der Waals surface area contributed by atoms with Crippen LogP contribution in [-0.4, -0.2) is 8.80 Å². The number of benzene rings is 7. The molecule has 0 atom stereocenters. The predicted molar refractivity (Wildman–Crippen MR) is 180 cm³/mol. The Morgan fingerprint density at radius 1 is 0.310 bits per heavy atom. The Bertz CT molecular complexity index is 2770. The molecule has 0 spiro atoms. The number of aromatic nitrogens is 2. The zero-order chi connectivity index (χ0) is 27.4. The molecule has 4 aromatic heterocycles. The van der Waals surface area contributed by atoms with Gasteiger partial charge in [0.2, 0.25) is 0 Å². The highest BCUT2D eigenvalue weighted by Crippen LogP contribution is 2.49. The summed E-state index contributed by atoms with van der Waals surface area (Å²) in [5.41, 5.74) is 10.7. The van der Waals surface area contributed by atoms with Gasteiger partial charge in [0.15, 0.2) is 0 Å². The summed E-state index contributed by atoms with van der Waals surface area (Å²) in [7, 11) is 0. The largest absolute Gasteiger partial charge is 0.307 e. The van der Waals surface area contributed by atoms with Crippen molar-refractivity contribution in [3.8, 4) is 0 Å². The molecule has 0 amide bonds. The fourth-order valence-electron chi connectivity index (χ4n) is 8.69. The van der Waals surface area contributed by atoms with Gasteiger partial charge in [0.05, 0.1) is 33.1 Å². The van der Waals surface area contributed by atoms with Crippen molar-refractivity contribution in [1.29, 1.82) is 0 Å². The second-order valence-electron chi connectivity index (χ2n) is 12.1. The molecule has 2 nitrogen and oxygen atoms in total. The molecule has 4 heterocycles. The normalized spacial score (nSPS) is 13.0. The molecule has 11 rings (SSSR count). The van der Waals surface area contributed by atoms with Gasteiger partial charge in [-0.3, -0.25) is 0 Å². The number of nitrogens with zero attached hydrogens (tertiary/aromatic N) is 2. The van der Waals surface area contributed by atoms with E-state index in [4.69, 9.17) is 0 Å². The third kappa shape index (κ3) is 2.17. The van der Waals surface area contributed by atoms with Crippen LogP contribution in [0, 0.1) is 13.8 Å². The van der Waals surface area contributed by atoms with E-state index in [1.165, 1.54) is 109 Å². The quantitative estimate of drug-likeness (QED) is 0.184. The molecule has 11 aromatic rings. The number of para-hydroxylation sites is 2. The van der Waals surface area contributed by atoms with E-state index < -0.39 is 0 Å². The average Bonchev–Trinajstić information content (AvgIpc) is 3.76. The number of rotatable bonds is 0. The van der Waals surface area contributed by atoms with Crippen LogP contribution in [-0.2, 0) is 0 Å². The number of fused-ring (bicyclic) bond motifs is 16. The Hall–Kier alpha value is -5.34. The Morgan fingerprint density at radius 2 is 0.690 bits per heavy atom. The van der Waals surface area contributed by atoms with Crippen LogP contribution in [0.5, 0.6) is 0 Å². The van der Waals surface area contributed by atoms with Crippen LogP contribution < -0.4 is 0 Å². The van der Waals surface area contributed by atoms with Crippen LogP contribution in [0.3, 0.4) is 0 Å². The van der Waals surface area contributed by atoms with Crippen molar-refractivity contribution in [2.75, 3.05) is 0 Å². The number of hydrogen-bond acceptors (Lipinski definition) is 0. The molecule has 194 valence electrons. The maximum atomic E-state index is 2.60. The topological polar surface area (TPSA) is 8.82 Å². The monoisotopic (exact) mass is 532 g/mol. The molecular formula is C40H24N2. The minimum absolute atomic E-state index is 1.28. The van der Waals surface area contributed by atoms with Gasteiger partial charge in [-0.2, -0.15) is 0 Å². The van der Waals surface area contributed by atoms with Crippen molar-refractivity contribution in [1.82, 2.24) is 8.80 Å². The van der Waals surface area contributed by atoms with Crippen LogP contribution in [0.15, 0.2) is 109 Å². The molecular weight excluding hydrogens is 508 g/mol. The molecule has 0 N–H and O–H groups in total. The minimum atomic E-state index is 1.28. The van der Waals surface area contributed by atoms with E-state index in [0.29, 0.717) is 0 Å². The van der Waals surface area contributed by atoms with Crippen LogP contribution in [0.4, 0.5) is 0 Å². The van der Waals surface area contributed by atoms with Gasteiger partial charge < -0.3 is 8.80 Å². The molecule has 7 aromatic carbocycles. The van der Waals surface area contributed by atoms with Crippen molar-refractivity contribution in [2.24, 2.45) is 0 Å². The third-order valence-corrected chi connectivity index (χ3v) is 10.3. The van der Waals surface area contributed by atoms with Crippen LogP contribution in [0.2, 0.25) is 0 Å². The summed E-state index contributed by atoms with van der Waals surface area (Å²) in [6, 6.07) is 40.7. The summed E-state index contributed by atoms with van der Waals surface area (Å²) in [5, 5.41) is 16.0. The highest BCUT2D eigenvalue weighted by atomic mass is 14.9. The molecule has 0 aliphatic rings. The summed E-state index contributed by atoms with van der Waals surface area (Å²) >= 11 is 0. The van der Waals surface area contributed by atoms with Gasteiger partial charge in [-0.15, -0.1) is 0 Å². The first-order valence-corrected chi connectivity index (χ1v) is 14.8. The summed E-state index contributed by atoms with van der Waals surface area (Å²) < 4.78 is 5.20. The first-order chi connectivity index (χ1) is 20.7. The lowest BCUT2D eigenvalue weighted by molar-refractivity contribution is 1.31. The summed E-state index contributed by atoms with van der Waals surface area (Å²) in [6.45, 7) is 4.72. The van der Waals surface area contributed by atoms with Crippen molar-refractivity contribution < 1.29 is 0 Å². The molecule has 2 heteroatoms. The van der Waals surface area contributed by atoms with Gasteiger partial charge in [0.25, 0.3) is 0 Å². The zero-order valence-electron chi connectivity index (χ0n) is 23.3. The molecule has 0 fully saturated rings. The fourth-order valence-corrected chi connectivity index (χ4v) is 8.69. The predicted octanol–water partition coefficient (Wildman–Crippen LogP) is 10.9. The van der Waals surface area contributed by atoms with Gasteiger partial charge in [0, 0.05) is 53.9 Å². The van der Waals surface area contributed by atoms with Crippen LogP contribution >= 0.6 is 0 Å². The summed E-state index contributed by atoms with van der Waals surface area (Å²) in [5.74, 6) is 0. The van der Waals surface area contributed by atoms with E-state index >= 15 is 0 Å². The maximum Gasteiger partial charge on any atom is 0.0620 e. The van der Waals surface area contributed by atoms with E-state index in [1.807, 2.05) is 0 Å². The SMILES string of the molecule is Cc1c2c3cccc4c5ccc6ccccc6c5n(c2c(C)c2c1c1cccc5c6ccc7ccccc7c6n2c51)c43. The number of aryl methyl sites for hydroxylation is 2. The first-order valence-electron chi connectivity index (χ1n) is 14.8. The summed E-state index contributed by atoms with van der Waals surface area (Å²) in [6.07, 6.45) is 0. The van der Waals surface area contributed by atoms with Gasteiger partial charge in [-0.1, -0.05) is 109 Å². The third-order valence-electron chi connectivity index (χ3n) is 10.3. The van der Waals surface area contributed by atoms with E-state index in [1.54, 1.807) is 0 Å². The Labute approximate surface area is 240 Å². The molecule has 0 aliphatic carbocycles.